The van der Waals surface area contributed by atoms with E-state index in [1.54, 1.807) is 0 Å². The highest BCUT2D eigenvalue weighted by atomic mass is 35.5. The first kappa shape index (κ1) is 14.6. The van der Waals surface area contributed by atoms with Crippen LogP contribution < -0.4 is 10.6 Å². The average molecular weight is 282 g/mol. The van der Waals surface area contributed by atoms with Gasteiger partial charge in [0.25, 0.3) is 0 Å². The second-order valence-corrected chi connectivity index (χ2v) is 5.70. The van der Waals surface area contributed by atoms with Gasteiger partial charge >= 0.3 is 0 Å². The van der Waals surface area contributed by atoms with Crippen LogP contribution in [0.4, 0.5) is 5.69 Å². The van der Waals surface area contributed by atoms with E-state index in [1.165, 1.54) is 5.69 Å². The molecule has 3 nitrogen and oxygen atoms in total. The van der Waals surface area contributed by atoms with E-state index in [0.717, 1.165) is 50.6 Å². The Bertz CT molecular complexity index is 389. The summed E-state index contributed by atoms with van der Waals surface area (Å²) in [7, 11) is 0. The van der Waals surface area contributed by atoms with Crippen molar-refractivity contribution in [1.82, 2.24) is 4.90 Å². The molecule has 0 saturated carbocycles. The highest BCUT2D eigenvalue weighted by molar-refractivity contribution is 6.30. The van der Waals surface area contributed by atoms with Gasteiger partial charge in [0.15, 0.2) is 0 Å². The lowest BCUT2D eigenvalue weighted by atomic mass is 10.1. The second-order valence-electron chi connectivity index (χ2n) is 5.27. The van der Waals surface area contributed by atoms with Crippen LogP contribution in [0.2, 0.25) is 5.02 Å². The van der Waals surface area contributed by atoms with Crippen LogP contribution in [-0.4, -0.2) is 43.7 Å². The molecule has 1 aliphatic heterocycles. The Labute approximate surface area is 121 Å². The summed E-state index contributed by atoms with van der Waals surface area (Å²) in [6, 6.07) is 8.47. The van der Waals surface area contributed by atoms with Gasteiger partial charge in [-0.05, 0) is 37.6 Å². The molecular weight excluding hydrogens is 258 g/mol. The molecule has 1 unspecified atom stereocenters. The first-order valence-electron chi connectivity index (χ1n) is 7.17. The number of hydrogen-bond donors (Lipinski definition) is 1. The highest BCUT2D eigenvalue weighted by Gasteiger charge is 2.17. The molecule has 1 fully saturated rings. The summed E-state index contributed by atoms with van der Waals surface area (Å²) < 4.78 is 0. The predicted octanol–water partition coefficient (Wildman–Crippen LogP) is 2.59. The second kappa shape index (κ2) is 7.13. The average Bonchev–Trinajstić information content (AvgIpc) is 2.45. The molecule has 1 atom stereocenters. The number of anilines is 1. The van der Waals surface area contributed by atoms with E-state index in [0.29, 0.717) is 6.04 Å². The maximum absolute atomic E-state index is 6.04. The third kappa shape index (κ3) is 4.37. The number of halogens is 1. The van der Waals surface area contributed by atoms with Gasteiger partial charge in [0.05, 0.1) is 0 Å². The maximum Gasteiger partial charge on any atom is 0.0426 e. The molecular formula is C15H24ClN3. The number of benzene rings is 1. The van der Waals surface area contributed by atoms with Crippen LogP contribution >= 0.6 is 11.6 Å². The molecule has 0 aliphatic carbocycles. The summed E-state index contributed by atoms with van der Waals surface area (Å²) in [5, 5.41) is 0.814. The summed E-state index contributed by atoms with van der Waals surface area (Å²) in [6.07, 6.45) is 2.18. The Hall–Kier alpha value is -0.770. The van der Waals surface area contributed by atoms with E-state index in [-0.39, 0.29) is 0 Å². The third-order valence-electron chi connectivity index (χ3n) is 3.89. The van der Waals surface area contributed by atoms with Crippen molar-refractivity contribution < 1.29 is 0 Å². The molecule has 0 amide bonds. The Balaban J connectivity index is 1.79. The van der Waals surface area contributed by atoms with Crippen molar-refractivity contribution in [2.75, 3.05) is 37.6 Å². The van der Waals surface area contributed by atoms with Crippen LogP contribution in [0.25, 0.3) is 0 Å². The summed E-state index contributed by atoms with van der Waals surface area (Å²) in [4.78, 5) is 4.92. The minimum absolute atomic E-state index is 0.353. The molecule has 0 bridgehead atoms. The molecule has 1 aromatic rings. The maximum atomic E-state index is 6.04. The predicted molar refractivity (Wildman–Crippen MR) is 83.0 cm³/mol. The van der Waals surface area contributed by atoms with Crippen LogP contribution in [0.5, 0.6) is 0 Å². The van der Waals surface area contributed by atoms with Crippen LogP contribution in [-0.2, 0) is 0 Å². The molecule has 1 saturated heterocycles. The van der Waals surface area contributed by atoms with Crippen molar-refractivity contribution in [3.63, 3.8) is 0 Å². The molecule has 0 radical (unpaired) electrons. The molecule has 1 heterocycles. The van der Waals surface area contributed by atoms with Crippen LogP contribution in [0.3, 0.4) is 0 Å². The van der Waals surface area contributed by atoms with E-state index in [9.17, 15) is 0 Å². The molecule has 1 aromatic carbocycles. The number of hydrogen-bond acceptors (Lipinski definition) is 3. The molecule has 0 spiro atoms. The molecule has 1 aliphatic rings. The van der Waals surface area contributed by atoms with Crippen molar-refractivity contribution in [2.45, 2.75) is 25.8 Å². The lowest BCUT2D eigenvalue weighted by Crippen LogP contribution is -2.47. The monoisotopic (exact) mass is 281 g/mol. The largest absolute Gasteiger partial charge is 0.369 e. The topological polar surface area (TPSA) is 32.5 Å². The van der Waals surface area contributed by atoms with E-state index < -0.39 is 0 Å². The van der Waals surface area contributed by atoms with Gasteiger partial charge in [-0.2, -0.15) is 0 Å². The van der Waals surface area contributed by atoms with Gasteiger partial charge in [-0.3, -0.25) is 4.90 Å². The summed E-state index contributed by atoms with van der Waals surface area (Å²) >= 11 is 6.04. The number of piperazine rings is 1. The number of nitrogens with zero attached hydrogens (tertiary/aromatic N) is 2. The van der Waals surface area contributed by atoms with Crippen LogP contribution in [0.15, 0.2) is 24.3 Å². The Morgan fingerprint density at radius 2 is 2.00 bits per heavy atom. The zero-order valence-corrected chi connectivity index (χ0v) is 12.4. The van der Waals surface area contributed by atoms with Crippen molar-refractivity contribution in [3.8, 4) is 0 Å². The molecule has 2 rings (SSSR count). The fraction of sp³-hybridized carbons (Fsp3) is 0.600. The lowest BCUT2D eigenvalue weighted by Gasteiger charge is -2.36. The van der Waals surface area contributed by atoms with E-state index in [2.05, 4.69) is 22.8 Å². The Morgan fingerprint density at radius 3 is 2.63 bits per heavy atom. The van der Waals surface area contributed by atoms with Gasteiger partial charge in [-0.25, -0.2) is 0 Å². The lowest BCUT2D eigenvalue weighted by molar-refractivity contribution is 0.247. The van der Waals surface area contributed by atoms with E-state index in [4.69, 9.17) is 17.3 Å². The highest BCUT2D eigenvalue weighted by Crippen LogP contribution is 2.20. The number of nitrogens with two attached hydrogens (primary N) is 1. The first-order chi connectivity index (χ1) is 9.19. The molecule has 19 heavy (non-hydrogen) atoms. The molecule has 2 N–H and O–H groups in total. The van der Waals surface area contributed by atoms with Crippen LogP contribution in [0.1, 0.15) is 19.8 Å². The van der Waals surface area contributed by atoms with Crippen molar-refractivity contribution >= 4 is 17.3 Å². The van der Waals surface area contributed by atoms with E-state index >= 15 is 0 Å². The SMILES string of the molecule is CCC(N)CCN1CCN(c2cccc(Cl)c2)CC1. The van der Waals surface area contributed by atoms with Gasteiger partial charge in [0.1, 0.15) is 0 Å². The third-order valence-corrected chi connectivity index (χ3v) is 4.12. The zero-order valence-electron chi connectivity index (χ0n) is 11.7. The van der Waals surface area contributed by atoms with Gasteiger partial charge < -0.3 is 10.6 Å². The van der Waals surface area contributed by atoms with E-state index in [1.807, 2.05) is 18.2 Å². The minimum Gasteiger partial charge on any atom is -0.369 e. The van der Waals surface area contributed by atoms with Gasteiger partial charge in [0, 0.05) is 42.9 Å². The summed E-state index contributed by atoms with van der Waals surface area (Å²) in [5.41, 5.74) is 7.21. The smallest absolute Gasteiger partial charge is 0.0426 e. The standard InChI is InChI=1S/C15H24ClN3/c1-2-14(17)6-7-18-8-10-19(11-9-18)15-5-3-4-13(16)12-15/h3-5,12,14H,2,6-11,17H2,1H3. The number of rotatable bonds is 5. The van der Waals surface area contributed by atoms with Gasteiger partial charge in [0.2, 0.25) is 0 Å². The Kier molecular flexibility index (Phi) is 5.49. The summed E-state index contributed by atoms with van der Waals surface area (Å²) in [6.45, 7) is 7.65. The first-order valence-corrected chi connectivity index (χ1v) is 7.55. The van der Waals surface area contributed by atoms with Crippen molar-refractivity contribution in [3.05, 3.63) is 29.3 Å². The normalized spacial score (nSPS) is 18.6. The van der Waals surface area contributed by atoms with Crippen LogP contribution in [0, 0.1) is 0 Å². The summed E-state index contributed by atoms with van der Waals surface area (Å²) in [5.74, 6) is 0. The quantitative estimate of drug-likeness (QED) is 0.900. The fourth-order valence-corrected chi connectivity index (χ4v) is 2.64. The zero-order chi connectivity index (χ0) is 13.7. The van der Waals surface area contributed by atoms with Crippen molar-refractivity contribution in [2.24, 2.45) is 5.73 Å². The van der Waals surface area contributed by atoms with Gasteiger partial charge in [-0.1, -0.05) is 24.6 Å². The molecule has 4 heteroatoms. The fourth-order valence-electron chi connectivity index (χ4n) is 2.46. The molecule has 106 valence electrons. The minimum atomic E-state index is 0.353. The molecule has 0 aromatic heterocycles. The van der Waals surface area contributed by atoms with Gasteiger partial charge in [-0.15, -0.1) is 0 Å². The Morgan fingerprint density at radius 1 is 1.26 bits per heavy atom. The van der Waals surface area contributed by atoms with Crippen molar-refractivity contribution in [1.29, 1.82) is 0 Å².